The second-order valence-electron chi connectivity index (χ2n) is 5.22. The van der Waals surface area contributed by atoms with E-state index in [0.717, 1.165) is 17.6 Å². The molecule has 0 aliphatic heterocycles. The van der Waals surface area contributed by atoms with Crippen LogP contribution < -0.4 is 5.32 Å². The van der Waals surface area contributed by atoms with E-state index < -0.39 is 17.9 Å². The van der Waals surface area contributed by atoms with E-state index in [2.05, 4.69) is 35.9 Å². The molecule has 1 unspecified atom stereocenters. The van der Waals surface area contributed by atoms with Crippen LogP contribution in [0.15, 0.2) is 0 Å². The van der Waals surface area contributed by atoms with Crippen LogP contribution in [-0.4, -0.2) is 71.4 Å². The van der Waals surface area contributed by atoms with Crippen molar-refractivity contribution in [1.82, 2.24) is 5.32 Å². The Bertz CT molecular complexity index is 274. The van der Waals surface area contributed by atoms with Crippen LogP contribution in [0.25, 0.3) is 0 Å². The topological polar surface area (TPSA) is 64.6 Å². The van der Waals surface area contributed by atoms with Gasteiger partial charge in [-0.15, -0.1) is 0 Å². The molecule has 0 aliphatic carbocycles. The fourth-order valence-corrected chi connectivity index (χ4v) is 1.38. The summed E-state index contributed by atoms with van der Waals surface area (Å²) in [5.41, 5.74) is 0. The Labute approximate surface area is 109 Å². The van der Waals surface area contributed by atoms with Gasteiger partial charge in [0.1, 0.15) is 0 Å². The average molecular weight is 261 g/mol. The highest BCUT2D eigenvalue weighted by molar-refractivity contribution is 5.80. The van der Waals surface area contributed by atoms with E-state index in [-0.39, 0.29) is 6.42 Å². The highest BCUT2D eigenvalue weighted by atomic mass is 16.5. The quantitative estimate of drug-likeness (QED) is 0.367. The molecule has 18 heavy (non-hydrogen) atoms. The van der Waals surface area contributed by atoms with Crippen LogP contribution in [0.3, 0.4) is 0 Å². The van der Waals surface area contributed by atoms with Crippen molar-refractivity contribution in [1.29, 1.82) is 0 Å². The largest absolute Gasteiger partial charge is 0.469 e. The van der Waals surface area contributed by atoms with Crippen LogP contribution in [0.1, 0.15) is 6.42 Å². The fraction of sp³-hybridized carbons (Fsp3) is 0.833. The van der Waals surface area contributed by atoms with Crippen molar-refractivity contribution in [2.75, 3.05) is 55.0 Å². The Morgan fingerprint density at radius 2 is 1.78 bits per heavy atom. The van der Waals surface area contributed by atoms with Gasteiger partial charge in [0, 0.05) is 13.1 Å². The van der Waals surface area contributed by atoms with Gasteiger partial charge in [0.25, 0.3) is 0 Å². The molecule has 0 fully saturated rings. The van der Waals surface area contributed by atoms with Gasteiger partial charge in [-0.05, 0) is 0 Å². The first-order valence-electron chi connectivity index (χ1n) is 5.96. The van der Waals surface area contributed by atoms with E-state index >= 15 is 0 Å². The van der Waals surface area contributed by atoms with Crippen molar-refractivity contribution in [2.24, 2.45) is 5.92 Å². The minimum atomic E-state index is -0.491. The zero-order chi connectivity index (χ0) is 14.2. The standard InChI is InChI=1S/C12H25N2O4/c1-14(2,3)7-6-13-9-10(12(16)18-5)8-11(15)17-4/h10,13H,6-9H2,1-5H3/q+1. The number of nitrogens with one attached hydrogen (secondary N) is 1. The lowest BCUT2D eigenvalue weighted by Crippen LogP contribution is -2.42. The molecule has 0 amide bonds. The van der Waals surface area contributed by atoms with E-state index in [1.807, 2.05) is 0 Å². The zero-order valence-corrected chi connectivity index (χ0v) is 12.0. The van der Waals surface area contributed by atoms with E-state index in [1.165, 1.54) is 14.2 Å². The first-order chi connectivity index (χ1) is 8.30. The van der Waals surface area contributed by atoms with Gasteiger partial charge in [-0.2, -0.15) is 0 Å². The Morgan fingerprint density at radius 1 is 1.17 bits per heavy atom. The molecule has 6 heteroatoms. The highest BCUT2D eigenvalue weighted by Crippen LogP contribution is 2.05. The maximum absolute atomic E-state index is 11.5. The molecule has 0 saturated heterocycles. The predicted octanol–water partition coefficient (Wildman–Crippen LogP) is -0.365. The lowest BCUT2D eigenvalue weighted by molar-refractivity contribution is -0.869. The van der Waals surface area contributed by atoms with E-state index in [0.29, 0.717) is 6.54 Å². The number of likely N-dealkylation sites (N-methyl/N-ethyl adjacent to an activating group) is 1. The van der Waals surface area contributed by atoms with Crippen LogP contribution in [0.2, 0.25) is 0 Å². The minimum absolute atomic E-state index is 0.0422. The summed E-state index contributed by atoms with van der Waals surface area (Å²) in [4.78, 5) is 22.7. The number of esters is 2. The SMILES string of the molecule is COC(=O)CC(CNCC[N+](C)(C)C)C(=O)OC. The van der Waals surface area contributed by atoms with Crippen LogP contribution in [0, 0.1) is 5.92 Å². The third-order valence-corrected chi connectivity index (χ3v) is 2.53. The van der Waals surface area contributed by atoms with Gasteiger partial charge in [0.05, 0.1) is 54.2 Å². The summed E-state index contributed by atoms with van der Waals surface area (Å²) >= 11 is 0. The normalized spacial score (nSPS) is 12.9. The fourth-order valence-electron chi connectivity index (χ4n) is 1.38. The molecule has 0 spiro atoms. The molecule has 106 valence electrons. The summed E-state index contributed by atoms with van der Waals surface area (Å²) in [6.45, 7) is 2.13. The summed E-state index contributed by atoms with van der Waals surface area (Å²) in [7, 11) is 8.90. The van der Waals surface area contributed by atoms with Crippen molar-refractivity contribution in [2.45, 2.75) is 6.42 Å². The Hall–Kier alpha value is -1.14. The number of nitrogens with zero attached hydrogens (tertiary/aromatic N) is 1. The molecular weight excluding hydrogens is 236 g/mol. The Balaban J connectivity index is 4.10. The number of quaternary nitrogens is 1. The summed E-state index contributed by atoms with van der Waals surface area (Å²) in [5.74, 6) is -1.29. The molecule has 1 atom stereocenters. The van der Waals surface area contributed by atoms with Crippen molar-refractivity contribution in [3.05, 3.63) is 0 Å². The molecule has 0 radical (unpaired) electrons. The first kappa shape index (κ1) is 16.9. The minimum Gasteiger partial charge on any atom is -0.469 e. The monoisotopic (exact) mass is 261 g/mol. The number of carbonyl (C=O) groups is 2. The van der Waals surface area contributed by atoms with Gasteiger partial charge in [0.2, 0.25) is 0 Å². The van der Waals surface area contributed by atoms with Crippen LogP contribution in [-0.2, 0) is 19.1 Å². The molecule has 0 aliphatic rings. The summed E-state index contributed by atoms with van der Waals surface area (Å²) in [5, 5.41) is 3.16. The van der Waals surface area contributed by atoms with Crippen molar-refractivity contribution >= 4 is 11.9 Å². The van der Waals surface area contributed by atoms with Gasteiger partial charge in [-0.25, -0.2) is 0 Å². The first-order valence-corrected chi connectivity index (χ1v) is 5.96. The van der Waals surface area contributed by atoms with Gasteiger partial charge in [-0.3, -0.25) is 9.59 Å². The molecule has 0 rings (SSSR count). The number of methoxy groups -OCH3 is 2. The van der Waals surface area contributed by atoms with Crippen LogP contribution in [0.5, 0.6) is 0 Å². The second-order valence-corrected chi connectivity index (χ2v) is 5.22. The van der Waals surface area contributed by atoms with Gasteiger partial charge >= 0.3 is 11.9 Å². The van der Waals surface area contributed by atoms with E-state index in [9.17, 15) is 9.59 Å². The lowest BCUT2D eigenvalue weighted by Gasteiger charge is -2.24. The molecule has 0 aromatic carbocycles. The highest BCUT2D eigenvalue weighted by Gasteiger charge is 2.23. The van der Waals surface area contributed by atoms with Crippen molar-refractivity contribution in [3.8, 4) is 0 Å². The Morgan fingerprint density at radius 3 is 2.22 bits per heavy atom. The molecule has 0 bridgehead atoms. The predicted molar refractivity (Wildman–Crippen MR) is 67.9 cm³/mol. The second kappa shape index (κ2) is 8.05. The third-order valence-electron chi connectivity index (χ3n) is 2.53. The molecule has 0 saturated carbocycles. The molecule has 1 N–H and O–H groups in total. The molecule has 6 nitrogen and oxygen atoms in total. The average Bonchev–Trinajstić information content (AvgIpc) is 2.30. The zero-order valence-electron chi connectivity index (χ0n) is 12.0. The number of hydrogen-bond acceptors (Lipinski definition) is 5. The third kappa shape index (κ3) is 8.03. The molecule has 0 heterocycles. The number of carbonyl (C=O) groups excluding carboxylic acids is 2. The summed E-state index contributed by atoms with van der Waals surface area (Å²) < 4.78 is 10.1. The van der Waals surface area contributed by atoms with Gasteiger partial charge in [-0.1, -0.05) is 0 Å². The smallest absolute Gasteiger partial charge is 0.310 e. The maximum Gasteiger partial charge on any atom is 0.310 e. The number of ether oxygens (including phenoxy) is 2. The van der Waals surface area contributed by atoms with Crippen molar-refractivity contribution in [3.63, 3.8) is 0 Å². The van der Waals surface area contributed by atoms with Crippen LogP contribution >= 0.6 is 0 Å². The molecule has 0 aromatic rings. The summed E-state index contributed by atoms with van der Waals surface area (Å²) in [6.07, 6.45) is 0.0422. The Kier molecular flexibility index (Phi) is 7.54. The summed E-state index contributed by atoms with van der Waals surface area (Å²) in [6, 6.07) is 0. The van der Waals surface area contributed by atoms with E-state index in [1.54, 1.807) is 0 Å². The number of hydrogen-bond donors (Lipinski definition) is 1. The molecule has 0 aromatic heterocycles. The lowest BCUT2D eigenvalue weighted by atomic mass is 10.1. The van der Waals surface area contributed by atoms with E-state index in [4.69, 9.17) is 0 Å². The number of rotatable bonds is 8. The van der Waals surface area contributed by atoms with Gasteiger partial charge < -0.3 is 19.3 Å². The van der Waals surface area contributed by atoms with Gasteiger partial charge in [0.15, 0.2) is 0 Å². The maximum atomic E-state index is 11.5. The van der Waals surface area contributed by atoms with Crippen molar-refractivity contribution < 1.29 is 23.5 Å². The van der Waals surface area contributed by atoms with Crippen LogP contribution in [0.4, 0.5) is 0 Å². The molecular formula is C12H25N2O4+.